The molecule has 0 spiro atoms. The second kappa shape index (κ2) is 13.9. The summed E-state index contributed by atoms with van der Waals surface area (Å²) in [5.41, 5.74) is 7.22. The van der Waals surface area contributed by atoms with Gasteiger partial charge in [0.15, 0.2) is 0 Å². The molecule has 6 heterocycles. The monoisotopic (exact) mass is 776 g/mol. The molecule has 2 aromatic heterocycles. The number of amides is 4. The molecule has 0 unspecified atom stereocenters. The highest BCUT2D eigenvalue weighted by Gasteiger charge is 2.53. The van der Waals surface area contributed by atoms with Crippen molar-refractivity contribution < 1.29 is 28.7 Å². The van der Waals surface area contributed by atoms with Gasteiger partial charge in [0.2, 0.25) is 11.8 Å². The quantitative estimate of drug-likeness (QED) is 0.152. The van der Waals surface area contributed by atoms with E-state index in [0.717, 1.165) is 81.7 Å². The molecule has 4 amide bonds. The molecule has 15 heteroatoms. The van der Waals surface area contributed by atoms with Gasteiger partial charge < -0.3 is 39.9 Å². The number of nitrogens with one attached hydrogen (secondary N) is 4. The number of alkyl carbamates (subject to hydrolysis) is 2. The van der Waals surface area contributed by atoms with Crippen LogP contribution in [0.3, 0.4) is 0 Å². The number of nitrogens with zero attached hydrogens (tertiary/aromatic N) is 4. The number of fused-ring (bicyclic) bond motifs is 4. The molecule has 4 N–H and O–H groups in total. The van der Waals surface area contributed by atoms with E-state index in [2.05, 4.69) is 69.1 Å². The molecule has 0 aliphatic carbocycles. The van der Waals surface area contributed by atoms with Crippen molar-refractivity contribution in [1.82, 2.24) is 40.4 Å². The summed E-state index contributed by atoms with van der Waals surface area (Å²) >= 11 is 1.75. The fourth-order valence-corrected chi connectivity index (χ4v) is 10.7. The molecular weight excluding hydrogens is 733 g/mol. The smallest absolute Gasteiger partial charge is 0.407 e. The third-order valence-corrected chi connectivity index (χ3v) is 13.3. The number of carbonyl (C=O) groups is 4. The summed E-state index contributed by atoms with van der Waals surface area (Å²) in [4.78, 5) is 71.9. The van der Waals surface area contributed by atoms with Gasteiger partial charge in [0.1, 0.15) is 29.8 Å². The first-order valence-electron chi connectivity index (χ1n) is 19.1. The molecule has 4 fully saturated rings. The van der Waals surface area contributed by atoms with Crippen LogP contribution < -0.4 is 10.6 Å². The van der Waals surface area contributed by atoms with Crippen LogP contribution in [0.1, 0.15) is 69.7 Å². The number of ether oxygens (including phenoxy) is 2. The number of benzene rings is 3. The number of H-pyrrole nitrogens is 2. The molecule has 3 aromatic carbocycles. The zero-order valence-electron chi connectivity index (χ0n) is 31.6. The van der Waals surface area contributed by atoms with Crippen LogP contribution in [-0.4, -0.2) is 97.2 Å². The van der Waals surface area contributed by atoms with Gasteiger partial charge in [0, 0.05) is 11.8 Å². The van der Waals surface area contributed by atoms with Crippen molar-refractivity contribution in [2.75, 3.05) is 20.0 Å². The first-order valence-corrected chi connectivity index (χ1v) is 20.1. The second-order valence-electron chi connectivity index (χ2n) is 15.9. The summed E-state index contributed by atoms with van der Waals surface area (Å²) in [5, 5.41) is 5.47. The molecule has 0 bridgehead atoms. The molecule has 4 saturated heterocycles. The number of carbonyl (C=O) groups excluding carboxylic acids is 4. The zero-order valence-corrected chi connectivity index (χ0v) is 32.4. The Balaban J connectivity index is 0.915. The number of imidazole rings is 2. The first-order chi connectivity index (χ1) is 27.0. The number of methoxy groups -OCH3 is 2. The number of thioether (sulfide) groups is 1. The maximum Gasteiger partial charge on any atom is 0.407 e. The van der Waals surface area contributed by atoms with Crippen LogP contribution in [0.4, 0.5) is 9.59 Å². The number of aromatic amines is 2. The molecule has 290 valence electrons. The molecule has 4 aliphatic rings. The maximum atomic E-state index is 13.8. The van der Waals surface area contributed by atoms with E-state index in [0.29, 0.717) is 12.2 Å². The average molecular weight is 777 g/mol. The van der Waals surface area contributed by atoms with Crippen LogP contribution in [0.25, 0.3) is 44.3 Å². The number of hydrogen-bond donors (Lipinski definition) is 4. The number of piperidine rings is 2. The van der Waals surface area contributed by atoms with Gasteiger partial charge >= 0.3 is 12.2 Å². The normalized spacial score (nSPS) is 25.6. The van der Waals surface area contributed by atoms with E-state index >= 15 is 0 Å². The molecule has 0 radical (unpaired) electrons. The highest BCUT2D eigenvalue weighted by molar-refractivity contribution is 8.00. The summed E-state index contributed by atoms with van der Waals surface area (Å²) in [7, 11) is 2.60. The van der Waals surface area contributed by atoms with E-state index < -0.39 is 29.7 Å². The van der Waals surface area contributed by atoms with Gasteiger partial charge in [-0.25, -0.2) is 19.6 Å². The Labute approximate surface area is 327 Å². The lowest BCUT2D eigenvalue weighted by molar-refractivity contribution is -0.144. The SMILES string of the molecule is COC(=O)N[C@H]1CC[C@H]2CC[C@@H](c3nc4ccc(-c5ccc(-c6ccc7nc([C@@H]8CS[C@@H]9CC(C)(C)[C@H](NC(=O)OC)C(=O)N98)[nH]c7c6)cc5)cc4[nH]3)N2C1=O. The van der Waals surface area contributed by atoms with Crippen molar-refractivity contribution in [3.8, 4) is 22.3 Å². The Hall–Kier alpha value is -5.57. The fraction of sp³-hybridized carbons (Fsp3) is 0.415. The Morgan fingerprint density at radius 2 is 1.29 bits per heavy atom. The largest absolute Gasteiger partial charge is 0.453 e. The predicted molar refractivity (Wildman–Crippen MR) is 211 cm³/mol. The lowest BCUT2D eigenvalue weighted by atomic mass is 9.77. The van der Waals surface area contributed by atoms with Crippen LogP contribution in [0.5, 0.6) is 0 Å². The van der Waals surface area contributed by atoms with Gasteiger partial charge in [-0.15, -0.1) is 11.8 Å². The molecule has 9 rings (SSSR count). The average Bonchev–Trinajstić information content (AvgIpc) is 4.01. The van der Waals surface area contributed by atoms with Gasteiger partial charge in [-0.1, -0.05) is 50.2 Å². The van der Waals surface area contributed by atoms with Gasteiger partial charge in [-0.05, 0) is 84.0 Å². The number of rotatable bonds is 6. The minimum Gasteiger partial charge on any atom is -0.453 e. The highest BCUT2D eigenvalue weighted by Crippen LogP contribution is 2.48. The first kappa shape index (κ1) is 36.1. The van der Waals surface area contributed by atoms with Crippen LogP contribution in [0.2, 0.25) is 0 Å². The Bertz CT molecular complexity index is 2370. The van der Waals surface area contributed by atoms with E-state index in [4.69, 9.17) is 19.4 Å². The lowest BCUT2D eigenvalue weighted by Crippen LogP contribution is -2.61. The minimum atomic E-state index is -0.690. The minimum absolute atomic E-state index is 0.00286. The van der Waals surface area contributed by atoms with Crippen molar-refractivity contribution >= 4 is 57.8 Å². The number of hydrogen-bond acceptors (Lipinski definition) is 9. The molecule has 14 nitrogen and oxygen atoms in total. The zero-order chi connectivity index (χ0) is 38.9. The third-order valence-electron chi connectivity index (χ3n) is 12.0. The predicted octanol–water partition coefficient (Wildman–Crippen LogP) is 6.42. The topological polar surface area (TPSA) is 175 Å². The molecule has 4 aliphatic heterocycles. The lowest BCUT2D eigenvalue weighted by Gasteiger charge is -2.45. The summed E-state index contributed by atoms with van der Waals surface area (Å²) in [5.74, 6) is 2.01. The van der Waals surface area contributed by atoms with E-state index in [9.17, 15) is 19.2 Å². The highest BCUT2D eigenvalue weighted by atomic mass is 32.2. The summed E-state index contributed by atoms with van der Waals surface area (Å²) < 4.78 is 9.57. The maximum absolute atomic E-state index is 13.8. The summed E-state index contributed by atoms with van der Waals surface area (Å²) in [6, 6.07) is 19.2. The molecular formula is C41H44N8O6S. The molecule has 5 aromatic rings. The fourth-order valence-electron chi connectivity index (χ4n) is 9.07. The van der Waals surface area contributed by atoms with Crippen LogP contribution in [0, 0.1) is 5.41 Å². The van der Waals surface area contributed by atoms with Crippen molar-refractivity contribution in [1.29, 1.82) is 0 Å². The van der Waals surface area contributed by atoms with Crippen molar-refractivity contribution in [2.24, 2.45) is 5.41 Å². The van der Waals surface area contributed by atoms with Gasteiger partial charge in [0.05, 0.1) is 47.7 Å². The Morgan fingerprint density at radius 3 is 1.89 bits per heavy atom. The van der Waals surface area contributed by atoms with E-state index in [1.54, 1.807) is 11.8 Å². The van der Waals surface area contributed by atoms with Crippen LogP contribution in [0.15, 0.2) is 60.7 Å². The van der Waals surface area contributed by atoms with E-state index in [1.165, 1.54) is 14.2 Å². The molecule has 0 saturated carbocycles. The van der Waals surface area contributed by atoms with E-state index in [-0.39, 0.29) is 35.3 Å². The van der Waals surface area contributed by atoms with Crippen molar-refractivity contribution in [2.45, 2.75) is 81.5 Å². The van der Waals surface area contributed by atoms with Gasteiger partial charge in [0.25, 0.3) is 0 Å². The Kier molecular flexibility index (Phi) is 8.94. The molecule has 6 atom stereocenters. The summed E-state index contributed by atoms with van der Waals surface area (Å²) in [6.07, 6.45) is 2.68. The second-order valence-corrected chi connectivity index (χ2v) is 17.1. The Morgan fingerprint density at radius 1 is 0.732 bits per heavy atom. The van der Waals surface area contributed by atoms with Crippen molar-refractivity contribution in [3.63, 3.8) is 0 Å². The van der Waals surface area contributed by atoms with Crippen LogP contribution in [-0.2, 0) is 19.1 Å². The van der Waals surface area contributed by atoms with Crippen LogP contribution >= 0.6 is 11.8 Å². The standard InChI is InChI=1S/C41H44N8O6S/c1-41(2)19-33-49(38(51)34(41)47-40(53)55-4)32(20-56-33)36-43-27-14-10-24(18-30(27)45-36)22-7-5-21(6-8-22)23-9-13-26-29(17-23)44-35(42-26)31-16-12-25-11-15-28(37(50)48(25)31)46-39(52)54-3/h5-10,13-14,17-18,25,28,31-34H,11-12,15-16,19-20H2,1-4H3,(H,42,44)(H,43,45)(H,46,52)(H,47,53)/t25-,28-,31-,32-,33+,34+/m0/s1. The van der Waals surface area contributed by atoms with Gasteiger partial charge in [-0.2, -0.15) is 0 Å². The van der Waals surface area contributed by atoms with Crippen molar-refractivity contribution in [3.05, 3.63) is 72.3 Å². The molecule has 56 heavy (non-hydrogen) atoms. The summed E-state index contributed by atoms with van der Waals surface area (Å²) in [6.45, 7) is 4.02. The van der Waals surface area contributed by atoms with E-state index in [1.807, 2.05) is 35.8 Å². The van der Waals surface area contributed by atoms with Gasteiger partial charge in [-0.3, -0.25) is 9.59 Å². The third kappa shape index (κ3) is 6.21. The number of aromatic nitrogens is 4.